The minimum Gasteiger partial charge on any atom is -0.341 e. The van der Waals surface area contributed by atoms with Crippen molar-refractivity contribution in [2.24, 2.45) is 0 Å². The van der Waals surface area contributed by atoms with E-state index in [4.69, 9.17) is 0 Å². The maximum atomic E-state index is 12.4. The lowest BCUT2D eigenvalue weighted by atomic mass is 9.96. The van der Waals surface area contributed by atoms with Crippen molar-refractivity contribution in [3.8, 4) is 0 Å². The average molecular weight is 314 g/mol. The molecule has 7 heteroatoms. The molecule has 23 heavy (non-hydrogen) atoms. The monoisotopic (exact) mass is 314 g/mol. The van der Waals surface area contributed by atoms with Crippen LogP contribution in [0.25, 0.3) is 0 Å². The summed E-state index contributed by atoms with van der Waals surface area (Å²) < 4.78 is 1.71. The number of nitrogens with zero attached hydrogens (tertiary/aromatic N) is 5. The van der Waals surface area contributed by atoms with E-state index in [2.05, 4.69) is 20.3 Å². The summed E-state index contributed by atoms with van der Waals surface area (Å²) in [5, 5.41) is 11.6. The number of hydrogen-bond acceptors (Lipinski definition) is 4. The summed E-state index contributed by atoms with van der Waals surface area (Å²) in [6.07, 6.45) is 8.01. The molecule has 4 rings (SSSR count). The van der Waals surface area contributed by atoms with Crippen molar-refractivity contribution >= 4 is 5.91 Å². The van der Waals surface area contributed by atoms with Crippen LogP contribution >= 0.6 is 0 Å². The molecule has 2 fully saturated rings. The second-order valence-corrected chi connectivity index (χ2v) is 6.72. The molecular formula is C16H22N6O. The smallest absolute Gasteiger partial charge is 0.244 e. The van der Waals surface area contributed by atoms with Crippen molar-refractivity contribution in [3.63, 3.8) is 0 Å². The highest BCUT2D eigenvalue weighted by molar-refractivity contribution is 5.76. The second kappa shape index (κ2) is 5.79. The molecule has 7 nitrogen and oxygen atoms in total. The Balaban J connectivity index is 1.32. The Hall–Kier alpha value is -2.18. The number of aryl methyl sites for hydroxylation is 1. The van der Waals surface area contributed by atoms with E-state index in [0.29, 0.717) is 18.4 Å². The topological polar surface area (TPSA) is 79.7 Å². The van der Waals surface area contributed by atoms with E-state index < -0.39 is 0 Å². The minimum absolute atomic E-state index is 0.141. The molecule has 2 aromatic heterocycles. The Kier molecular flexibility index (Phi) is 3.63. The Labute approximate surface area is 135 Å². The fourth-order valence-electron chi connectivity index (χ4n) is 3.19. The first-order chi connectivity index (χ1) is 11.2. The third-order valence-corrected chi connectivity index (χ3v) is 4.76. The summed E-state index contributed by atoms with van der Waals surface area (Å²) >= 11 is 0. The van der Waals surface area contributed by atoms with Crippen molar-refractivity contribution in [3.05, 3.63) is 29.6 Å². The number of rotatable bonds is 4. The van der Waals surface area contributed by atoms with Gasteiger partial charge in [0, 0.05) is 31.1 Å². The molecule has 1 N–H and O–H groups in total. The van der Waals surface area contributed by atoms with Gasteiger partial charge in [0.1, 0.15) is 12.4 Å². The van der Waals surface area contributed by atoms with Crippen LogP contribution < -0.4 is 0 Å². The van der Waals surface area contributed by atoms with Crippen LogP contribution in [0.1, 0.15) is 54.7 Å². The van der Waals surface area contributed by atoms with E-state index in [1.807, 2.05) is 18.0 Å². The number of likely N-dealkylation sites (tertiary alicyclic amines) is 1. The molecule has 0 unspecified atom stereocenters. The highest BCUT2D eigenvalue weighted by atomic mass is 16.2. The standard InChI is InChI=1S/C16H22N6O/c1-11-8-17-22(9-11)10-14(23)21-6-4-13(5-7-21)16-18-15(19-20-16)12-2-3-12/h8-9,12-13H,2-7,10H2,1H3,(H,18,19,20). The molecule has 0 spiro atoms. The van der Waals surface area contributed by atoms with Crippen LogP contribution in [0.3, 0.4) is 0 Å². The van der Waals surface area contributed by atoms with Crippen LogP contribution in [0.4, 0.5) is 0 Å². The molecule has 1 saturated heterocycles. The first-order valence-electron chi connectivity index (χ1n) is 8.38. The largest absolute Gasteiger partial charge is 0.341 e. The average Bonchev–Trinajstić information content (AvgIpc) is 3.15. The van der Waals surface area contributed by atoms with Crippen LogP contribution in [0.2, 0.25) is 0 Å². The van der Waals surface area contributed by atoms with Gasteiger partial charge in [-0.2, -0.15) is 10.2 Å². The maximum Gasteiger partial charge on any atom is 0.244 e. The van der Waals surface area contributed by atoms with E-state index in [9.17, 15) is 4.79 Å². The fraction of sp³-hybridized carbons (Fsp3) is 0.625. The van der Waals surface area contributed by atoms with Gasteiger partial charge in [0.05, 0.1) is 6.20 Å². The number of aromatic amines is 1. The zero-order valence-electron chi connectivity index (χ0n) is 13.4. The van der Waals surface area contributed by atoms with E-state index in [0.717, 1.165) is 43.1 Å². The molecule has 122 valence electrons. The van der Waals surface area contributed by atoms with Crippen LogP contribution in [0, 0.1) is 6.92 Å². The molecule has 1 aliphatic carbocycles. The van der Waals surface area contributed by atoms with Gasteiger partial charge >= 0.3 is 0 Å². The van der Waals surface area contributed by atoms with Gasteiger partial charge in [0.25, 0.3) is 0 Å². The van der Waals surface area contributed by atoms with Crippen molar-refractivity contribution in [1.29, 1.82) is 0 Å². The first kappa shape index (κ1) is 14.4. The number of piperidine rings is 1. The SMILES string of the molecule is Cc1cnn(CC(=O)N2CCC(c3nc(C4CC4)n[nH]3)CC2)c1. The molecular weight excluding hydrogens is 292 g/mol. The normalized spacial score (nSPS) is 19.3. The predicted octanol–water partition coefficient (Wildman–Crippen LogP) is 1.59. The molecule has 0 radical (unpaired) electrons. The second-order valence-electron chi connectivity index (χ2n) is 6.72. The summed E-state index contributed by atoms with van der Waals surface area (Å²) in [5.74, 6) is 3.10. The van der Waals surface area contributed by atoms with Gasteiger partial charge in [-0.05, 0) is 38.2 Å². The summed E-state index contributed by atoms with van der Waals surface area (Å²) in [4.78, 5) is 18.9. The third-order valence-electron chi connectivity index (χ3n) is 4.76. The Morgan fingerprint density at radius 1 is 1.26 bits per heavy atom. The lowest BCUT2D eigenvalue weighted by molar-refractivity contribution is -0.133. The number of hydrogen-bond donors (Lipinski definition) is 1. The molecule has 0 bridgehead atoms. The number of H-pyrrole nitrogens is 1. The number of amides is 1. The van der Waals surface area contributed by atoms with Crippen LogP contribution in [-0.4, -0.2) is 48.9 Å². The molecule has 1 saturated carbocycles. The summed E-state index contributed by atoms with van der Waals surface area (Å²) in [5.41, 5.74) is 1.08. The highest BCUT2D eigenvalue weighted by Crippen LogP contribution is 2.38. The molecule has 2 aliphatic rings. The quantitative estimate of drug-likeness (QED) is 0.929. The molecule has 0 atom stereocenters. The third kappa shape index (κ3) is 3.13. The van der Waals surface area contributed by atoms with Crippen molar-refractivity contribution in [2.45, 2.75) is 51.0 Å². The number of nitrogens with one attached hydrogen (secondary N) is 1. The zero-order chi connectivity index (χ0) is 15.8. The molecule has 2 aromatic rings. The molecule has 1 aliphatic heterocycles. The van der Waals surface area contributed by atoms with E-state index in [1.54, 1.807) is 10.9 Å². The van der Waals surface area contributed by atoms with Gasteiger partial charge in [0.15, 0.2) is 5.82 Å². The Morgan fingerprint density at radius 3 is 2.70 bits per heavy atom. The van der Waals surface area contributed by atoms with Crippen molar-refractivity contribution in [1.82, 2.24) is 29.9 Å². The van der Waals surface area contributed by atoms with Gasteiger partial charge in [-0.15, -0.1) is 0 Å². The highest BCUT2D eigenvalue weighted by Gasteiger charge is 2.30. The lowest BCUT2D eigenvalue weighted by Gasteiger charge is -2.31. The van der Waals surface area contributed by atoms with Gasteiger partial charge < -0.3 is 4.90 Å². The molecule has 1 amide bonds. The first-order valence-corrected chi connectivity index (χ1v) is 8.38. The van der Waals surface area contributed by atoms with Crippen LogP contribution in [-0.2, 0) is 11.3 Å². The van der Waals surface area contributed by atoms with Gasteiger partial charge in [-0.3, -0.25) is 14.6 Å². The molecule has 0 aromatic carbocycles. The minimum atomic E-state index is 0.141. The fourth-order valence-corrected chi connectivity index (χ4v) is 3.19. The van der Waals surface area contributed by atoms with Crippen LogP contribution in [0.15, 0.2) is 12.4 Å². The van der Waals surface area contributed by atoms with Crippen molar-refractivity contribution in [2.75, 3.05) is 13.1 Å². The van der Waals surface area contributed by atoms with Gasteiger partial charge in [-0.1, -0.05) is 0 Å². The molecule has 3 heterocycles. The van der Waals surface area contributed by atoms with Crippen molar-refractivity contribution < 1.29 is 4.79 Å². The predicted molar refractivity (Wildman–Crippen MR) is 83.9 cm³/mol. The number of carbonyl (C=O) groups is 1. The Morgan fingerprint density at radius 2 is 2.04 bits per heavy atom. The zero-order valence-corrected chi connectivity index (χ0v) is 13.4. The van der Waals surface area contributed by atoms with Gasteiger partial charge in [-0.25, -0.2) is 4.98 Å². The summed E-state index contributed by atoms with van der Waals surface area (Å²) in [7, 11) is 0. The van der Waals surface area contributed by atoms with Gasteiger partial charge in [0.2, 0.25) is 5.91 Å². The lowest BCUT2D eigenvalue weighted by Crippen LogP contribution is -2.40. The summed E-state index contributed by atoms with van der Waals surface area (Å²) in [6, 6.07) is 0. The van der Waals surface area contributed by atoms with Crippen LogP contribution in [0.5, 0.6) is 0 Å². The van der Waals surface area contributed by atoms with E-state index in [-0.39, 0.29) is 5.91 Å². The Bertz CT molecular complexity index is 693. The number of aromatic nitrogens is 5. The summed E-state index contributed by atoms with van der Waals surface area (Å²) in [6.45, 7) is 3.87. The number of carbonyl (C=O) groups excluding carboxylic acids is 1. The van der Waals surface area contributed by atoms with E-state index >= 15 is 0 Å². The maximum absolute atomic E-state index is 12.4. The van der Waals surface area contributed by atoms with E-state index in [1.165, 1.54) is 12.8 Å².